The molecule has 6 rings (SSSR count). The van der Waals surface area contributed by atoms with Crippen LogP contribution in [0.15, 0.2) is 138 Å². The van der Waals surface area contributed by atoms with Crippen molar-refractivity contribution in [3.05, 3.63) is 155 Å². The number of ether oxygens (including phenoxy) is 1. The van der Waals surface area contributed by atoms with Gasteiger partial charge in [0.05, 0.1) is 30.6 Å². The normalized spacial score (nSPS) is 14.3. The van der Waals surface area contributed by atoms with E-state index in [-0.39, 0.29) is 5.70 Å². The lowest BCUT2D eigenvalue weighted by Gasteiger charge is -2.28. The number of benzene rings is 5. The lowest BCUT2D eigenvalue weighted by Crippen LogP contribution is -2.11. The zero-order chi connectivity index (χ0) is 27.3. The molecule has 0 saturated carbocycles. The fraction of sp³-hybridized carbons (Fsp3) is 0.0556. The number of allylic oxidation sites excluding steroid dienone is 3. The van der Waals surface area contributed by atoms with E-state index in [1.54, 1.807) is 6.08 Å². The Kier molecular flexibility index (Phi) is 6.82. The van der Waals surface area contributed by atoms with E-state index >= 15 is 0 Å². The highest BCUT2D eigenvalue weighted by Gasteiger charge is 2.17. The number of hydrogen-bond donors (Lipinski definition) is 0. The maximum Gasteiger partial charge on any atom is 0.265 e. The van der Waals surface area contributed by atoms with Crippen molar-refractivity contribution >= 4 is 44.7 Å². The topological polar surface area (TPSA) is 40.6 Å². The standard InChI is InChI=1S/C36H25N3O/c1-38-34(25-37)29-22-23-40-31(24-29)21-18-26-16-19-30(20-17-26)39(35-14-6-10-27-8-2-4-12-32(27)35)36-15-7-11-28-9-3-5-13-33(28)36/h2-21,24H,22-23H2. The fourth-order valence-corrected chi connectivity index (χ4v) is 5.14. The summed E-state index contributed by atoms with van der Waals surface area (Å²) in [5.41, 5.74) is 5.15. The quantitative estimate of drug-likeness (QED) is 0.173. The van der Waals surface area contributed by atoms with Crippen LogP contribution in [0.25, 0.3) is 32.5 Å². The van der Waals surface area contributed by atoms with Gasteiger partial charge in [-0.25, -0.2) is 10.1 Å². The third-order valence-corrected chi connectivity index (χ3v) is 7.08. The Morgan fingerprint density at radius 1 is 0.775 bits per heavy atom. The second-order valence-electron chi connectivity index (χ2n) is 9.50. The Hall–Kier alpha value is -5.58. The van der Waals surface area contributed by atoms with Crippen LogP contribution < -0.4 is 4.90 Å². The van der Waals surface area contributed by atoms with Crippen molar-refractivity contribution in [3.63, 3.8) is 0 Å². The van der Waals surface area contributed by atoms with Gasteiger partial charge in [-0.15, -0.1) is 0 Å². The summed E-state index contributed by atoms with van der Waals surface area (Å²) < 4.78 is 5.75. The van der Waals surface area contributed by atoms with Crippen molar-refractivity contribution in [2.45, 2.75) is 6.42 Å². The number of anilines is 3. The first-order valence-corrected chi connectivity index (χ1v) is 13.1. The van der Waals surface area contributed by atoms with Crippen molar-refractivity contribution in [2.24, 2.45) is 0 Å². The third kappa shape index (κ3) is 4.83. The number of hydrogen-bond acceptors (Lipinski definition) is 3. The predicted molar refractivity (Wildman–Crippen MR) is 163 cm³/mol. The van der Waals surface area contributed by atoms with Gasteiger partial charge in [-0.2, -0.15) is 0 Å². The van der Waals surface area contributed by atoms with Crippen LogP contribution in [-0.2, 0) is 4.74 Å². The molecular formula is C36H25N3O. The monoisotopic (exact) mass is 515 g/mol. The Bertz CT molecular complexity index is 1790. The smallest absolute Gasteiger partial charge is 0.265 e. The van der Waals surface area contributed by atoms with Gasteiger partial charge < -0.3 is 9.64 Å². The van der Waals surface area contributed by atoms with Gasteiger partial charge in [-0.05, 0) is 64.7 Å². The highest BCUT2D eigenvalue weighted by Crippen LogP contribution is 2.41. The maximum absolute atomic E-state index is 9.21. The van der Waals surface area contributed by atoms with E-state index in [1.165, 1.54) is 21.5 Å². The largest absolute Gasteiger partial charge is 0.493 e. The first-order valence-electron chi connectivity index (χ1n) is 13.1. The molecule has 0 aliphatic carbocycles. The van der Waals surface area contributed by atoms with E-state index in [4.69, 9.17) is 11.3 Å². The van der Waals surface area contributed by atoms with Crippen molar-refractivity contribution in [1.29, 1.82) is 5.26 Å². The lowest BCUT2D eigenvalue weighted by molar-refractivity contribution is 0.219. The molecule has 0 amide bonds. The average molecular weight is 516 g/mol. The van der Waals surface area contributed by atoms with Crippen molar-refractivity contribution in [2.75, 3.05) is 11.5 Å². The first kappa shape index (κ1) is 24.7. The number of rotatable bonds is 5. The molecule has 5 aromatic rings. The predicted octanol–water partition coefficient (Wildman–Crippen LogP) is 9.48. The molecular weight excluding hydrogens is 490 g/mol. The van der Waals surface area contributed by atoms with Crippen molar-refractivity contribution in [3.8, 4) is 6.07 Å². The van der Waals surface area contributed by atoms with Crippen LogP contribution in [0.1, 0.15) is 12.0 Å². The summed E-state index contributed by atoms with van der Waals surface area (Å²) in [6.07, 6.45) is 6.23. The minimum Gasteiger partial charge on any atom is -0.493 e. The second kappa shape index (κ2) is 11.0. The highest BCUT2D eigenvalue weighted by atomic mass is 16.5. The van der Waals surface area contributed by atoms with E-state index in [0.29, 0.717) is 18.8 Å². The Labute approximate surface area is 233 Å². The van der Waals surface area contributed by atoms with Gasteiger partial charge in [-0.1, -0.05) is 91.0 Å². The molecule has 4 heteroatoms. The minimum absolute atomic E-state index is 0.125. The molecule has 40 heavy (non-hydrogen) atoms. The van der Waals surface area contributed by atoms with E-state index in [1.807, 2.05) is 18.2 Å². The molecule has 190 valence electrons. The molecule has 0 atom stereocenters. The summed E-state index contributed by atoms with van der Waals surface area (Å²) >= 11 is 0. The molecule has 1 aliphatic heterocycles. The van der Waals surface area contributed by atoms with Crippen LogP contribution >= 0.6 is 0 Å². The van der Waals surface area contributed by atoms with Crippen LogP contribution in [0.2, 0.25) is 0 Å². The summed E-state index contributed by atoms with van der Waals surface area (Å²) in [4.78, 5) is 5.67. The number of fused-ring (bicyclic) bond motifs is 2. The Morgan fingerprint density at radius 3 is 1.98 bits per heavy atom. The van der Waals surface area contributed by atoms with E-state index < -0.39 is 0 Å². The summed E-state index contributed by atoms with van der Waals surface area (Å²) in [6.45, 7) is 7.67. The molecule has 0 saturated heterocycles. The summed E-state index contributed by atoms with van der Waals surface area (Å²) in [6, 6.07) is 40.3. The van der Waals surface area contributed by atoms with Crippen molar-refractivity contribution < 1.29 is 4.74 Å². The zero-order valence-electron chi connectivity index (χ0n) is 21.8. The van der Waals surface area contributed by atoms with Crippen LogP contribution in [0.4, 0.5) is 17.1 Å². The Balaban J connectivity index is 1.41. The molecule has 0 bridgehead atoms. The maximum atomic E-state index is 9.21. The summed E-state index contributed by atoms with van der Waals surface area (Å²) in [5.74, 6) is 0.648. The second-order valence-corrected chi connectivity index (χ2v) is 9.50. The van der Waals surface area contributed by atoms with E-state index in [0.717, 1.165) is 28.2 Å². The van der Waals surface area contributed by atoms with Gasteiger partial charge in [0.15, 0.2) is 0 Å². The van der Waals surface area contributed by atoms with Crippen LogP contribution in [0.5, 0.6) is 0 Å². The molecule has 0 radical (unpaired) electrons. The van der Waals surface area contributed by atoms with Crippen LogP contribution in [0, 0.1) is 17.9 Å². The molecule has 1 heterocycles. The molecule has 5 aromatic carbocycles. The zero-order valence-corrected chi connectivity index (χ0v) is 21.8. The molecule has 1 aliphatic rings. The minimum atomic E-state index is 0.125. The first-order chi connectivity index (χ1) is 19.7. The van der Waals surface area contributed by atoms with Gasteiger partial charge in [0, 0.05) is 16.5 Å². The molecule has 0 spiro atoms. The highest BCUT2D eigenvalue weighted by molar-refractivity contribution is 6.04. The van der Waals surface area contributed by atoms with E-state index in [9.17, 15) is 5.26 Å². The van der Waals surface area contributed by atoms with Crippen LogP contribution in [0.3, 0.4) is 0 Å². The molecule has 4 nitrogen and oxygen atoms in total. The summed E-state index contributed by atoms with van der Waals surface area (Å²) in [7, 11) is 0. The van der Waals surface area contributed by atoms with Crippen LogP contribution in [-0.4, -0.2) is 6.61 Å². The molecule has 0 unspecified atom stereocenters. The van der Waals surface area contributed by atoms with E-state index in [2.05, 4.69) is 119 Å². The van der Waals surface area contributed by atoms with Gasteiger partial charge in [0.2, 0.25) is 0 Å². The van der Waals surface area contributed by atoms with Crippen molar-refractivity contribution in [1.82, 2.24) is 0 Å². The number of nitriles is 1. The SMILES string of the molecule is [C-]#[N+]C(C#N)=C1C=C(C=Cc2ccc(N(c3cccc4ccccc34)c3cccc4ccccc34)cc2)OCC1. The third-order valence-electron chi connectivity index (χ3n) is 7.08. The lowest BCUT2D eigenvalue weighted by atomic mass is 10.0. The molecule has 0 aromatic heterocycles. The number of nitrogens with zero attached hydrogens (tertiary/aromatic N) is 3. The summed E-state index contributed by atoms with van der Waals surface area (Å²) in [5, 5.41) is 14.0. The van der Waals surface area contributed by atoms with Gasteiger partial charge in [0.1, 0.15) is 5.76 Å². The molecule has 0 fully saturated rings. The van der Waals surface area contributed by atoms with Gasteiger partial charge >= 0.3 is 0 Å². The van der Waals surface area contributed by atoms with Gasteiger partial charge in [-0.3, -0.25) is 0 Å². The van der Waals surface area contributed by atoms with Gasteiger partial charge in [0.25, 0.3) is 5.70 Å². The fourth-order valence-electron chi connectivity index (χ4n) is 5.14. The Morgan fingerprint density at radius 2 is 1.38 bits per heavy atom. The molecule has 0 N–H and O–H groups in total. The average Bonchev–Trinajstić information content (AvgIpc) is 3.02.